The van der Waals surface area contributed by atoms with E-state index in [1.54, 1.807) is 7.05 Å². The summed E-state index contributed by atoms with van der Waals surface area (Å²) in [5.74, 6) is -0.627. The third-order valence-corrected chi connectivity index (χ3v) is 3.93. The molecular formula is C18H29N3O3. The first-order valence-corrected chi connectivity index (χ1v) is 8.25. The quantitative estimate of drug-likeness (QED) is 0.726. The number of hydrogen-bond acceptors (Lipinski definition) is 3. The fraction of sp³-hybridized carbons (Fsp3) is 0.556. The first-order chi connectivity index (χ1) is 11.3. The minimum absolute atomic E-state index is 0.00140. The predicted octanol–water partition coefficient (Wildman–Crippen LogP) is 2.26. The predicted molar refractivity (Wildman–Crippen MR) is 94.8 cm³/mol. The molecule has 6 nitrogen and oxygen atoms in total. The van der Waals surface area contributed by atoms with Crippen molar-refractivity contribution in [2.24, 2.45) is 5.92 Å². The molecule has 0 spiro atoms. The Morgan fingerprint density at radius 1 is 1.17 bits per heavy atom. The Balaban J connectivity index is 2.53. The molecule has 2 N–H and O–H groups in total. The fourth-order valence-corrected chi connectivity index (χ4v) is 2.35. The van der Waals surface area contributed by atoms with Crippen molar-refractivity contribution in [1.29, 1.82) is 0 Å². The molecule has 0 aliphatic heterocycles. The number of carbonyl (C=O) groups is 2. The molecule has 0 aliphatic carbocycles. The Labute approximate surface area is 144 Å². The van der Waals surface area contributed by atoms with Crippen LogP contribution >= 0.6 is 0 Å². The molecule has 1 rings (SSSR count). The highest BCUT2D eigenvalue weighted by molar-refractivity contribution is 5.75. The van der Waals surface area contributed by atoms with Crippen LogP contribution in [0.1, 0.15) is 25.8 Å². The number of hydrogen-bond donors (Lipinski definition) is 2. The molecule has 1 aromatic carbocycles. The van der Waals surface area contributed by atoms with Gasteiger partial charge in [-0.15, -0.1) is 0 Å². The molecule has 0 aliphatic rings. The van der Waals surface area contributed by atoms with Crippen LogP contribution in [0.15, 0.2) is 30.3 Å². The van der Waals surface area contributed by atoms with Gasteiger partial charge in [0.15, 0.2) is 0 Å². The molecule has 6 heteroatoms. The molecule has 0 aromatic heterocycles. The molecule has 1 unspecified atom stereocenters. The van der Waals surface area contributed by atoms with Gasteiger partial charge >= 0.3 is 12.0 Å². The Morgan fingerprint density at radius 2 is 1.79 bits per heavy atom. The summed E-state index contributed by atoms with van der Waals surface area (Å²) in [4.78, 5) is 26.4. The van der Waals surface area contributed by atoms with Crippen LogP contribution in [0.3, 0.4) is 0 Å². The lowest BCUT2D eigenvalue weighted by Crippen LogP contribution is -2.50. The van der Waals surface area contributed by atoms with Crippen LogP contribution in [0, 0.1) is 5.92 Å². The topological polar surface area (TPSA) is 72.9 Å². The molecule has 0 heterocycles. The van der Waals surface area contributed by atoms with E-state index in [9.17, 15) is 9.59 Å². The van der Waals surface area contributed by atoms with E-state index in [4.69, 9.17) is 5.11 Å². The molecule has 0 saturated heterocycles. The van der Waals surface area contributed by atoms with Crippen molar-refractivity contribution < 1.29 is 14.7 Å². The molecule has 24 heavy (non-hydrogen) atoms. The summed E-state index contributed by atoms with van der Waals surface area (Å²) in [6.07, 6.45) is -0.0514. The Kier molecular flexibility index (Phi) is 8.26. The summed E-state index contributed by atoms with van der Waals surface area (Å²) in [5.41, 5.74) is 1.23. The average Bonchev–Trinajstić information content (AvgIpc) is 2.52. The van der Waals surface area contributed by atoms with Crippen molar-refractivity contribution in [2.75, 3.05) is 27.2 Å². The van der Waals surface area contributed by atoms with Crippen molar-refractivity contribution in [3.8, 4) is 0 Å². The van der Waals surface area contributed by atoms with Gasteiger partial charge in [-0.1, -0.05) is 44.2 Å². The summed E-state index contributed by atoms with van der Waals surface area (Å²) in [6.45, 7) is 5.88. The minimum atomic E-state index is -0.905. The van der Waals surface area contributed by atoms with E-state index in [0.717, 1.165) is 13.1 Å². The monoisotopic (exact) mass is 335 g/mol. The lowest BCUT2D eigenvalue weighted by atomic mass is 10.0. The second-order valence-electron chi connectivity index (χ2n) is 6.55. The number of carboxylic acid groups (broad SMARTS) is 1. The lowest BCUT2D eigenvalue weighted by Gasteiger charge is -2.29. The first-order valence-electron chi connectivity index (χ1n) is 8.25. The molecule has 0 fully saturated rings. The second kappa shape index (κ2) is 9.93. The van der Waals surface area contributed by atoms with Gasteiger partial charge in [0.2, 0.25) is 0 Å². The van der Waals surface area contributed by atoms with E-state index in [2.05, 4.69) is 36.2 Å². The number of carbonyl (C=O) groups excluding carboxylic acids is 1. The molecule has 0 bridgehead atoms. The van der Waals surface area contributed by atoms with Gasteiger partial charge in [-0.25, -0.2) is 4.79 Å². The van der Waals surface area contributed by atoms with Gasteiger partial charge in [-0.05, 0) is 18.5 Å². The van der Waals surface area contributed by atoms with Crippen LogP contribution in [-0.4, -0.2) is 60.1 Å². The van der Waals surface area contributed by atoms with Crippen molar-refractivity contribution >= 4 is 12.0 Å². The highest BCUT2D eigenvalue weighted by Gasteiger charge is 2.20. The number of rotatable bonds is 9. The number of carboxylic acids is 1. The number of amides is 2. The highest BCUT2D eigenvalue weighted by atomic mass is 16.4. The maximum atomic E-state index is 12.2. The average molecular weight is 335 g/mol. The van der Waals surface area contributed by atoms with Crippen molar-refractivity contribution in [1.82, 2.24) is 15.1 Å². The van der Waals surface area contributed by atoms with E-state index in [0.29, 0.717) is 0 Å². The summed E-state index contributed by atoms with van der Waals surface area (Å²) < 4.78 is 0. The van der Waals surface area contributed by atoms with Crippen molar-refractivity contribution in [3.05, 3.63) is 35.9 Å². The van der Waals surface area contributed by atoms with Gasteiger partial charge in [-0.3, -0.25) is 4.79 Å². The van der Waals surface area contributed by atoms with Crippen LogP contribution in [-0.2, 0) is 11.3 Å². The van der Waals surface area contributed by atoms with Crippen LogP contribution in [0.25, 0.3) is 0 Å². The summed E-state index contributed by atoms with van der Waals surface area (Å²) in [5, 5.41) is 11.7. The van der Waals surface area contributed by atoms with E-state index in [1.807, 2.05) is 25.2 Å². The number of benzene rings is 1. The maximum Gasteiger partial charge on any atom is 0.317 e. The van der Waals surface area contributed by atoms with Gasteiger partial charge in [0.1, 0.15) is 0 Å². The summed E-state index contributed by atoms with van der Waals surface area (Å²) in [7, 11) is 3.64. The van der Waals surface area contributed by atoms with E-state index in [1.165, 1.54) is 10.5 Å². The van der Waals surface area contributed by atoms with Crippen molar-refractivity contribution in [2.45, 2.75) is 32.9 Å². The number of nitrogens with zero attached hydrogens (tertiary/aromatic N) is 2. The largest absolute Gasteiger partial charge is 0.481 e. The van der Waals surface area contributed by atoms with Crippen LogP contribution < -0.4 is 5.32 Å². The van der Waals surface area contributed by atoms with Gasteiger partial charge in [-0.2, -0.15) is 0 Å². The Hall–Kier alpha value is -2.08. The molecule has 0 saturated carbocycles. The summed E-state index contributed by atoms with van der Waals surface area (Å²) in [6, 6.07) is 9.96. The number of nitrogens with one attached hydrogen (secondary N) is 1. The molecule has 1 atom stereocenters. The smallest absolute Gasteiger partial charge is 0.317 e. The third-order valence-electron chi connectivity index (χ3n) is 3.93. The van der Waals surface area contributed by atoms with Gasteiger partial charge in [0.25, 0.3) is 0 Å². The number of urea groups is 1. The van der Waals surface area contributed by atoms with Crippen LogP contribution in [0.5, 0.6) is 0 Å². The molecule has 1 aromatic rings. The molecule has 0 radical (unpaired) electrons. The minimum Gasteiger partial charge on any atom is -0.481 e. The molecule has 134 valence electrons. The zero-order chi connectivity index (χ0) is 18.1. The normalized spacial score (nSPS) is 12.2. The third kappa shape index (κ3) is 7.46. The van der Waals surface area contributed by atoms with Gasteiger partial charge < -0.3 is 20.2 Å². The maximum absolute atomic E-state index is 12.2. The molecular weight excluding hydrogens is 306 g/mol. The van der Waals surface area contributed by atoms with E-state index < -0.39 is 5.97 Å². The van der Waals surface area contributed by atoms with Crippen LogP contribution in [0.4, 0.5) is 4.79 Å². The standard InChI is InChI=1S/C18H29N3O3/c1-14(2)16(19-18(24)21(4)11-10-17(22)23)13-20(3)12-15-8-6-5-7-9-15/h5-9,14,16H,10-13H2,1-4H3,(H,19,24)(H,22,23). The zero-order valence-electron chi connectivity index (χ0n) is 15.0. The van der Waals surface area contributed by atoms with E-state index >= 15 is 0 Å². The number of aliphatic carboxylic acids is 1. The zero-order valence-corrected chi connectivity index (χ0v) is 15.0. The second-order valence-corrected chi connectivity index (χ2v) is 6.55. The number of likely N-dealkylation sites (N-methyl/N-ethyl adjacent to an activating group) is 1. The lowest BCUT2D eigenvalue weighted by molar-refractivity contribution is -0.137. The summed E-state index contributed by atoms with van der Waals surface area (Å²) >= 11 is 0. The molecule has 2 amide bonds. The van der Waals surface area contributed by atoms with E-state index in [-0.39, 0.29) is 31.0 Å². The Bertz CT molecular complexity index is 520. The first kappa shape index (κ1) is 20.0. The highest BCUT2D eigenvalue weighted by Crippen LogP contribution is 2.08. The van der Waals surface area contributed by atoms with Crippen LogP contribution in [0.2, 0.25) is 0 Å². The van der Waals surface area contributed by atoms with Crippen molar-refractivity contribution in [3.63, 3.8) is 0 Å². The van der Waals surface area contributed by atoms with Gasteiger partial charge in [0.05, 0.1) is 6.42 Å². The SMILES string of the molecule is CC(C)C(CN(C)Cc1ccccc1)NC(=O)N(C)CCC(=O)O. The Morgan fingerprint density at radius 3 is 2.33 bits per heavy atom. The fourth-order valence-electron chi connectivity index (χ4n) is 2.35. The van der Waals surface area contributed by atoms with Gasteiger partial charge in [0, 0.05) is 32.7 Å².